The number of carbonyl (C=O) groups is 1. The van der Waals surface area contributed by atoms with Crippen LogP contribution >= 0.6 is 11.6 Å². The third kappa shape index (κ3) is 4.20. The van der Waals surface area contributed by atoms with Crippen molar-refractivity contribution in [3.8, 4) is 0 Å². The number of hydrogen-bond acceptors (Lipinski definition) is 5. The second-order valence-electron chi connectivity index (χ2n) is 7.39. The van der Waals surface area contributed by atoms with E-state index in [1.54, 1.807) is 17.9 Å². The second-order valence-corrected chi connectivity index (χ2v) is 7.79. The zero-order valence-corrected chi connectivity index (χ0v) is 17.8. The van der Waals surface area contributed by atoms with E-state index >= 15 is 0 Å². The lowest BCUT2D eigenvalue weighted by Gasteiger charge is -2.30. The second kappa shape index (κ2) is 8.41. The molecule has 0 saturated heterocycles. The van der Waals surface area contributed by atoms with E-state index in [1.165, 1.54) is 16.7 Å². The smallest absolute Gasteiger partial charge is 0.364 e. The first kappa shape index (κ1) is 23.2. The van der Waals surface area contributed by atoms with E-state index in [-0.39, 0.29) is 34.2 Å². The van der Waals surface area contributed by atoms with Gasteiger partial charge in [0, 0.05) is 18.7 Å². The molecular formula is C20H17ClF5N5O2. The van der Waals surface area contributed by atoms with Crippen molar-refractivity contribution in [1.82, 2.24) is 14.5 Å². The summed E-state index contributed by atoms with van der Waals surface area (Å²) in [6, 6.07) is 5.23. The zero-order chi connectivity index (χ0) is 24.1. The van der Waals surface area contributed by atoms with Gasteiger partial charge in [0.2, 0.25) is 5.95 Å². The highest BCUT2D eigenvalue weighted by atomic mass is 35.5. The molecule has 0 fully saturated rings. The predicted octanol–water partition coefficient (Wildman–Crippen LogP) is 4.88. The standard InChI is InChI=1S/C20H17ClF5N5O2/c1-9-13(6-5-12(28-9)17(27)32)30-7-2-8-31-15-10(16(20(24,25)26)33-18(22)23)3-4-11(21)14(15)29-19(30)31/h3-6,16,18H,2,7-8H2,1H3,(H2,27,32). The molecule has 4 rings (SSSR count). The highest BCUT2D eigenvalue weighted by Gasteiger charge is 2.45. The summed E-state index contributed by atoms with van der Waals surface area (Å²) >= 11 is 6.23. The number of imidazole rings is 1. The van der Waals surface area contributed by atoms with Gasteiger partial charge >= 0.3 is 12.8 Å². The molecule has 176 valence electrons. The maximum absolute atomic E-state index is 13.7. The summed E-state index contributed by atoms with van der Waals surface area (Å²) < 4.78 is 72.1. The average molecular weight is 490 g/mol. The van der Waals surface area contributed by atoms with Crippen LogP contribution in [0, 0.1) is 6.92 Å². The van der Waals surface area contributed by atoms with Crippen molar-refractivity contribution < 1.29 is 31.5 Å². The fourth-order valence-electron chi connectivity index (χ4n) is 3.97. The lowest BCUT2D eigenvalue weighted by atomic mass is 10.1. The fourth-order valence-corrected chi connectivity index (χ4v) is 4.17. The Labute approximate surface area is 188 Å². The molecule has 3 heterocycles. The van der Waals surface area contributed by atoms with Gasteiger partial charge in [-0.15, -0.1) is 0 Å². The maximum atomic E-state index is 13.7. The normalized spacial score (nSPS) is 15.2. The van der Waals surface area contributed by atoms with Crippen molar-refractivity contribution in [1.29, 1.82) is 0 Å². The van der Waals surface area contributed by atoms with Gasteiger partial charge in [-0.3, -0.25) is 4.79 Å². The number of alkyl halides is 5. The molecule has 1 aliphatic heterocycles. The Morgan fingerprint density at radius 3 is 2.52 bits per heavy atom. The first-order chi connectivity index (χ1) is 15.5. The fraction of sp³-hybridized carbons (Fsp3) is 0.350. The van der Waals surface area contributed by atoms with Gasteiger partial charge in [-0.2, -0.15) is 22.0 Å². The molecule has 1 atom stereocenters. The number of ether oxygens (including phenoxy) is 1. The molecule has 1 aliphatic rings. The molecule has 1 aromatic carbocycles. The van der Waals surface area contributed by atoms with E-state index in [0.29, 0.717) is 24.3 Å². The van der Waals surface area contributed by atoms with E-state index in [2.05, 4.69) is 14.7 Å². The molecule has 7 nitrogen and oxygen atoms in total. The minimum Gasteiger partial charge on any atom is -0.364 e. The third-order valence-electron chi connectivity index (χ3n) is 5.28. The van der Waals surface area contributed by atoms with Crippen molar-refractivity contribution in [3.63, 3.8) is 0 Å². The number of benzene rings is 1. The molecular weight excluding hydrogens is 473 g/mol. The molecule has 1 amide bonds. The van der Waals surface area contributed by atoms with Crippen LogP contribution in [0.3, 0.4) is 0 Å². The van der Waals surface area contributed by atoms with Gasteiger partial charge < -0.3 is 19.9 Å². The van der Waals surface area contributed by atoms with Crippen molar-refractivity contribution in [2.24, 2.45) is 5.73 Å². The van der Waals surface area contributed by atoms with Crippen molar-refractivity contribution in [2.75, 3.05) is 11.4 Å². The van der Waals surface area contributed by atoms with Gasteiger partial charge in [-0.25, -0.2) is 9.97 Å². The molecule has 0 saturated carbocycles. The molecule has 0 bridgehead atoms. The van der Waals surface area contributed by atoms with E-state index in [4.69, 9.17) is 17.3 Å². The summed E-state index contributed by atoms with van der Waals surface area (Å²) in [4.78, 5) is 21.7. The number of primary amides is 1. The minimum absolute atomic E-state index is 0.0301. The Hall–Kier alpha value is -2.99. The Kier molecular flexibility index (Phi) is 5.91. The van der Waals surface area contributed by atoms with Crippen molar-refractivity contribution in [2.45, 2.75) is 38.8 Å². The van der Waals surface area contributed by atoms with Crippen molar-refractivity contribution >= 4 is 40.2 Å². The van der Waals surface area contributed by atoms with Crippen LogP contribution in [0.5, 0.6) is 0 Å². The third-order valence-corrected chi connectivity index (χ3v) is 5.59. The maximum Gasteiger partial charge on any atom is 0.419 e. The van der Waals surface area contributed by atoms with Gasteiger partial charge in [0.25, 0.3) is 5.91 Å². The molecule has 0 aliphatic carbocycles. The molecule has 2 aromatic heterocycles. The largest absolute Gasteiger partial charge is 0.419 e. The number of anilines is 2. The van der Waals surface area contributed by atoms with Gasteiger partial charge in [0.1, 0.15) is 11.2 Å². The minimum atomic E-state index is -5.10. The highest BCUT2D eigenvalue weighted by Crippen LogP contribution is 2.44. The zero-order valence-electron chi connectivity index (χ0n) is 17.0. The summed E-state index contributed by atoms with van der Waals surface area (Å²) in [7, 11) is 0. The van der Waals surface area contributed by atoms with Gasteiger partial charge in [0.15, 0.2) is 6.10 Å². The van der Waals surface area contributed by atoms with Crippen LogP contribution in [-0.4, -0.2) is 39.8 Å². The first-order valence-electron chi connectivity index (χ1n) is 9.73. The van der Waals surface area contributed by atoms with E-state index in [0.717, 1.165) is 6.07 Å². The van der Waals surface area contributed by atoms with Crippen molar-refractivity contribution in [3.05, 3.63) is 46.2 Å². The molecule has 13 heteroatoms. The van der Waals surface area contributed by atoms with Crippen LogP contribution < -0.4 is 10.6 Å². The van der Waals surface area contributed by atoms with Crippen LogP contribution in [0.1, 0.15) is 34.3 Å². The summed E-state index contributed by atoms with van der Waals surface area (Å²) in [5, 5.41) is 0.0625. The Morgan fingerprint density at radius 1 is 1.18 bits per heavy atom. The van der Waals surface area contributed by atoms with Crippen LogP contribution in [-0.2, 0) is 11.3 Å². The monoisotopic (exact) mass is 489 g/mol. The number of fused-ring (bicyclic) bond motifs is 3. The van der Waals surface area contributed by atoms with Gasteiger partial charge in [-0.05, 0) is 31.5 Å². The summed E-state index contributed by atoms with van der Waals surface area (Å²) in [6.07, 6.45) is -7.46. The molecule has 1 unspecified atom stereocenters. The van der Waals surface area contributed by atoms with Crippen LogP contribution in [0.25, 0.3) is 11.0 Å². The summed E-state index contributed by atoms with van der Waals surface area (Å²) in [6.45, 7) is -1.26. The number of halogens is 6. The predicted molar refractivity (Wildman–Crippen MR) is 110 cm³/mol. The molecule has 0 radical (unpaired) electrons. The number of pyridine rings is 1. The van der Waals surface area contributed by atoms with Gasteiger partial charge in [0.05, 0.1) is 21.9 Å². The number of aryl methyl sites for hydroxylation is 2. The lowest BCUT2D eigenvalue weighted by Crippen LogP contribution is -2.30. The number of rotatable bonds is 5. The summed E-state index contributed by atoms with van der Waals surface area (Å²) in [5.41, 5.74) is 5.82. The van der Waals surface area contributed by atoms with Gasteiger partial charge in [-0.1, -0.05) is 17.7 Å². The Bertz CT molecular complexity index is 1230. The highest BCUT2D eigenvalue weighted by molar-refractivity contribution is 6.35. The van der Waals surface area contributed by atoms with E-state index in [1.807, 2.05) is 0 Å². The van der Waals surface area contributed by atoms with Crippen LogP contribution in [0.15, 0.2) is 24.3 Å². The van der Waals surface area contributed by atoms with E-state index < -0.39 is 30.4 Å². The number of hydrogen-bond donors (Lipinski definition) is 1. The number of nitrogens with two attached hydrogens (primary N) is 1. The molecule has 2 N–H and O–H groups in total. The number of nitrogens with zero attached hydrogens (tertiary/aromatic N) is 4. The Balaban J connectivity index is 1.91. The molecule has 3 aromatic rings. The van der Waals surface area contributed by atoms with E-state index in [9.17, 15) is 26.7 Å². The van der Waals surface area contributed by atoms with Crippen LogP contribution in [0.2, 0.25) is 5.02 Å². The number of amides is 1. The quantitative estimate of drug-likeness (QED) is 0.516. The number of carbonyl (C=O) groups excluding carboxylic acids is 1. The average Bonchev–Trinajstić information content (AvgIpc) is 3.13. The number of aromatic nitrogens is 3. The molecule has 0 spiro atoms. The topological polar surface area (TPSA) is 86.3 Å². The first-order valence-corrected chi connectivity index (χ1v) is 10.1. The van der Waals surface area contributed by atoms with Crippen LogP contribution in [0.4, 0.5) is 33.6 Å². The lowest BCUT2D eigenvalue weighted by molar-refractivity contribution is -0.276. The Morgan fingerprint density at radius 2 is 1.91 bits per heavy atom. The summed E-state index contributed by atoms with van der Waals surface area (Å²) in [5.74, 6) is -0.440. The SMILES string of the molecule is Cc1nc(C(N)=O)ccc1N1CCCn2c1nc1c(Cl)ccc(C(OC(F)F)C(F)(F)F)c12. The molecule has 33 heavy (non-hydrogen) atoms.